The summed E-state index contributed by atoms with van der Waals surface area (Å²) in [5.41, 5.74) is 2.96. The van der Waals surface area contributed by atoms with Crippen molar-refractivity contribution < 1.29 is 9.90 Å². The van der Waals surface area contributed by atoms with Gasteiger partial charge < -0.3 is 20.6 Å². The first-order chi connectivity index (χ1) is 17.0. The van der Waals surface area contributed by atoms with Crippen LogP contribution in [0.3, 0.4) is 0 Å². The first-order valence-corrected chi connectivity index (χ1v) is 12.3. The van der Waals surface area contributed by atoms with Gasteiger partial charge in [-0.25, -0.2) is 4.79 Å². The van der Waals surface area contributed by atoms with E-state index < -0.39 is 5.60 Å². The maximum atomic E-state index is 12.4. The van der Waals surface area contributed by atoms with Crippen molar-refractivity contribution in [2.75, 3.05) is 31.5 Å². The van der Waals surface area contributed by atoms with Crippen LogP contribution < -0.4 is 10.6 Å². The summed E-state index contributed by atoms with van der Waals surface area (Å²) >= 11 is 5.92. The highest BCUT2D eigenvalue weighted by Crippen LogP contribution is 2.26. The molecule has 0 spiro atoms. The fourth-order valence-electron chi connectivity index (χ4n) is 4.22. The Hall–Kier alpha value is -3.19. The second-order valence-corrected chi connectivity index (χ2v) is 9.40. The molecule has 1 fully saturated rings. The third-order valence-electron chi connectivity index (χ3n) is 6.23. The van der Waals surface area contributed by atoms with Crippen molar-refractivity contribution in [3.05, 3.63) is 94.8 Å². The van der Waals surface area contributed by atoms with E-state index in [0.717, 1.165) is 43.7 Å². The Labute approximate surface area is 211 Å². The molecular formula is C28H31ClN4O2. The Kier molecular flexibility index (Phi) is 8.53. The van der Waals surface area contributed by atoms with Crippen LogP contribution in [0.4, 0.5) is 10.5 Å². The summed E-state index contributed by atoms with van der Waals surface area (Å²) < 4.78 is 0. The molecule has 7 heteroatoms. The van der Waals surface area contributed by atoms with Crippen molar-refractivity contribution >= 4 is 35.5 Å². The molecule has 1 saturated heterocycles. The largest absolute Gasteiger partial charge is 0.389 e. The van der Waals surface area contributed by atoms with Crippen LogP contribution in [0.1, 0.15) is 29.7 Å². The smallest absolute Gasteiger partial charge is 0.319 e. The third-order valence-corrected chi connectivity index (χ3v) is 6.48. The molecule has 2 heterocycles. The van der Waals surface area contributed by atoms with Gasteiger partial charge in [0.05, 0.1) is 11.3 Å². The maximum Gasteiger partial charge on any atom is 0.319 e. The van der Waals surface area contributed by atoms with Crippen molar-refractivity contribution in [1.29, 1.82) is 0 Å². The first kappa shape index (κ1) is 24.9. The number of carbonyl (C=O) groups excluding carboxylic acids is 1. The minimum absolute atomic E-state index is 0.249. The average Bonchev–Trinajstić information content (AvgIpc) is 2.86. The number of urea groups is 1. The van der Waals surface area contributed by atoms with E-state index in [9.17, 15) is 9.90 Å². The van der Waals surface area contributed by atoms with E-state index in [4.69, 9.17) is 11.6 Å². The summed E-state index contributed by atoms with van der Waals surface area (Å²) in [7, 11) is 0. The second kappa shape index (κ2) is 12.0. The molecule has 0 atom stereocenters. The molecule has 6 nitrogen and oxygen atoms in total. The van der Waals surface area contributed by atoms with Crippen LogP contribution in [0.15, 0.2) is 72.9 Å². The summed E-state index contributed by atoms with van der Waals surface area (Å²) in [6, 6.07) is 21.0. The van der Waals surface area contributed by atoms with Gasteiger partial charge in [0.2, 0.25) is 0 Å². The van der Waals surface area contributed by atoms with E-state index in [2.05, 4.69) is 32.7 Å². The standard InChI is InChI=1S/C28H31ClN4O2/c29-24-9-6-22(7-10-24)8-11-25-20-26(12-15-30-25)32-27(34)31-16-19-33-17-13-28(35,14-18-33)21-23-4-2-1-3-5-23/h1-12,15,20,35H,13-14,16-19,21H2,(H2,30,31,32,34)/b11-8+. The van der Waals surface area contributed by atoms with E-state index in [0.29, 0.717) is 23.7 Å². The molecule has 35 heavy (non-hydrogen) atoms. The van der Waals surface area contributed by atoms with E-state index in [1.54, 1.807) is 12.3 Å². The van der Waals surface area contributed by atoms with Gasteiger partial charge in [-0.3, -0.25) is 4.98 Å². The van der Waals surface area contributed by atoms with Gasteiger partial charge in [-0.05, 0) is 54.3 Å². The highest BCUT2D eigenvalue weighted by atomic mass is 35.5. The van der Waals surface area contributed by atoms with Crippen LogP contribution in [0.5, 0.6) is 0 Å². The molecule has 3 N–H and O–H groups in total. The monoisotopic (exact) mass is 490 g/mol. The molecule has 182 valence electrons. The fraction of sp³-hybridized carbons (Fsp3) is 0.286. The number of nitrogens with zero attached hydrogens (tertiary/aromatic N) is 2. The highest BCUT2D eigenvalue weighted by Gasteiger charge is 2.32. The Morgan fingerprint density at radius 2 is 1.80 bits per heavy atom. The number of halogens is 1. The molecule has 2 amide bonds. The maximum absolute atomic E-state index is 12.4. The number of amides is 2. The lowest BCUT2D eigenvalue weighted by atomic mass is 9.85. The quantitative estimate of drug-likeness (QED) is 0.410. The van der Waals surface area contributed by atoms with Gasteiger partial charge in [0, 0.05) is 49.5 Å². The summed E-state index contributed by atoms with van der Waals surface area (Å²) in [4.78, 5) is 19.0. The lowest BCUT2D eigenvalue weighted by Gasteiger charge is -2.38. The van der Waals surface area contributed by atoms with Crippen LogP contribution in [0.25, 0.3) is 12.2 Å². The first-order valence-electron chi connectivity index (χ1n) is 11.9. The van der Waals surface area contributed by atoms with Crippen molar-refractivity contribution in [3.63, 3.8) is 0 Å². The van der Waals surface area contributed by atoms with Crippen LogP contribution >= 0.6 is 11.6 Å². The number of rotatable bonds is 8. The van der Waals surface area contributed by atoms with Gasteiger partial charge in [0.1, 0.15) is 0 Å². The molecule has 0 aliphatic carbocycles. The molecule has 2 aromatic carbocycles. The molecule has 1 aliphatic rings. The van der Waals surface area contributed by atoms with Gasteiger partial charge in [-0.15, -0.1) is 0 Å². The number of aromatic nitrogens is 1. The number of piperidine rings is 1. The zero-order chi connectivity index (χ0) is 24.5. The topological polar surface area (TPSA) is 77.5 Å². The van der Waals surface area contributed by atoms with Gasteiger partial charge >= 0.3 is 6.03 Å². The Morgan fingerprint density at radius 3 is 2.54 bits per heavy atom. The minimum atomic E-state index is -0.649. The van der Waals surface area contributed by atoms with E-state index >= 15 is 0 Å². The van der Waals surface area contributed by atoms with Crippen LogP contribution in [-0.2, 0) is 6.42 Å². The van der Waals surface area contributed by atoms with E-state index in [1.165, 1.54) is 5.56 Å². The average molecular weight is 491 g/mol. The fourth-order valence-corrected chi connectivity index (χ4v) is 4.35. The van der Waals surface area contributed by atoms with Crippen LogP contribution in [0, 0.1) is 0 Å². The van der Waals surface area contributed by atoms with Gasteiger partial charge in [-0.1, -0.05) is 60.1 Å². The summed E-state index contributed by atoms with van der Waals surface area (Å²) in [5.74, 6) is 0. The molecule has 0 saturated carbocycles. The third kappa shape index (κ3) is 7.92. The Balaban J connectivity index is 1.18. The number of hydrogen-bond donors (Lipinski definition) is 3. The molecule has 0 bridgehead atoms. The number of anilines is 1. The minimum Gasteiger partial charge on any atom is -0.389 e. The van der Waals surface area contributed by atoms with Crippen LogP contribution in [-0.4, -0.2) is 52.8 Å². The van der Waals surface area contributed by atoms with Crippen molar-refractivity contribution in [3.8, 4) is 0 Å². The van der Waals surface area contributed by atoms with Gasteiger partial charge in [0.15, 0.2) is 0 Å². The number of carbonyl (C=O) groups is 1. The lowest BCUT2D eigenvalue weighted by molar-refractivity contribution is -0.0201. The van der Waals surface area contributed by atoms with Gasteiger partial charge in [0.25, 0.3) is 0 Å². The van der Waals surface area contributed by atoms with Crippen molar-refractivity contribution in [2.24, 2.45) is 0 Å². The number of aliphatic hydroxyl groups is 1. The molecule has 3 aromatic rings. The van der Waals surface area contributed by atoms with Crippen LogP contribution in [0.2, 0.25) is 5.02 Å². The SMILES string of the molecule is O=C(NCCN1CCC(O)(Cc2ccccc2)CC1)Nc1ccnc(/C=C/c2ccc(Cl)cc2)c1. The molecule has 1 aromatic heterocycles. The molecule has 0 radical (unpaired) electrons. The summed E-state index contributed by atoms with van der Waals surface area (Å²) in [6.45, 7) is 2.93. The number of likely N-dealkylation sites (tertiary alicyclic amines) is 1. The predicted molar refractivity (Wildman–Crippen MR) is 142 cm³/mol. The zero-order valence-electron chi connectivity index (χ0n) is 19.7. The number of benzene rings is 2. The summed E-state index contributed by atoms with van der Waals surface area (Å²) in [6.07, 6.45) is 7.66. The van der Waals surface area contributed by atoms with E-state index in [-0.39, 0.29) is 6.03 Å². The predicted octanol–water partition coefficient (Wildman–Crippen LogP) is 5.10. The zero-order valence-corrected chi connectivity index (χ0v) is 20.4. The van der Waals surface area contributed by atoms with Crippen molar-refractivity contribution in [1.82, 2.24) is 15.2 Å². The number of pyridine rings is 1. The normalized spacial score (nSPS) is 15.7. The highest BCUT2D eigenvalue weighted by molar-refractivity contribution is 6.30. The van der Waals surface area contributed by atoms with Gasteiger partial charge in [-0.2, -0.15) is 0 Å². The second-order valence-electron chi connectivity index (χ2n) is 8.96. The van der Waals surface area contributed by atoms with Crippen molar-refractivity contribution in [2.45, 2.75) is 24.9 Å². The summed E-state index contributed by atoms with van der Waals surface area (Å²) in [5, 5.41) is 17.4. The number of nitrogens with one attached hydrogen (secondary N) is 2. The Morgan fingerprint density at radius 1 is 1.06 bits per heavy atom. The van der Waals surface area contributed by atoms with E-state index in [1.807, 2.05) is 60.7 Å². The number of hydrogen-bond acceptors (Lipinski definition) is 4. The molecular weight excluding hydrogens is 460 g/mol. The Bertz CT molecular complexity index is 1130. The molecule has 4 rings (SSSR count). The molecule has 0 unspecified atom stereocenters. The molecule has 1 aliphatic heterocycles. The lowest BCUT2D eigenvalue weighted by Crippen LogP contribution is -2.47.